The maximum atomic E-state index is 12.8. The van der Waals surface area contributed by atoms with Gasteiger partial charge in [-0.25, -0.2) is 4.18 Å². The molecule has 0 unspecified atom stereocenters. The fourth-order valence-electron chi connectivity index (χ4n) is 2.46. The average molecular weight is 627 g/mol. The molecule has 0 saturated carbocycles. The van der Waals surface area contributed by atoms with Gasteiger partial charge in [0.15, 0.2) is 0 Å². The van der Waals surface area contributed by atoms with Crippen LogP contribution in [-0.2, 0) is 29.5 Å². The van der Waals surface area contributed by atoms with Gasteiger partial charge in [-0.3, -0.25) is 13.9 Å². The Morgan fingerprint density at radius 1 is 0.975 bits per heavy atom. The number of amides is 1. The van der Waals surface area contributed by atoms with Crippen molar-refractivity contribution >= 4 is 67.4 Å². The van der Waals surface area contributed by atoms with Gasteiger partial charge in [0.1, 0.15) is 4.90 Å². The molecule has 3 rings (SSSR count). The predicted molar refractivity (Wildman–Crippen MR) is 143 cm³/mol. The van der Waals surface area contributed by atoms with Crippen LogP contribution in [0.1, 0.15) is 0 Å². The molecule has 0 bridgehead atoms. The number of carbonyl (C=O) groups is 1. The highest BCUT2D eigenvalue weighted by Gasteiger charge is 2.15. The molecule has 1 amide bonds. The number of carbonyl (C=O) groups excluding carboxylic acids is 1. The molecule has 3 aromatic rings. The Labute approximate surface area is 231 Å². The molecule has 21 heteroatoms. The molecule has 0 saturated heterocycles. The minimum absolute atomic E-state index is 0.0963. The quantitative estimate of drug-likeness (QED) is 0.0544. The summed E-state index contributed by atoms with van der Waals surface area (Å²) in [5.41, 5.74) is 16.5. The van der Waals surface area contributed by atoms with E-state index in [1.807, 2.05) is 0 Å². The van der Waals surface area contributed by atoms with Crippen LogP contribution in [0, 0.1) is 12.2 Å². The van der Waals surface area contributed by atoms with Crippen LogP contribution in [0.25, 0.3) is 0 Å². The van der Waals surface area contributed by atoms with E-state index in [9.17, 15) is 30.4 Å². The number of aromatic nitrogens is 3. The zero-order valence-electron chi connectivity index (χ0n) is 20.4. The standard InChI is InChI=1S/C10H8F2N6O.C8H11NO7S3.CH5N/c11-8-16-9(12)18-10(17-8)15-5-1-2-6(13)7(3-5)14-4-19;9-7-2-1-6(5-8(7)18(10,11)12)17-4-3-16-19(13,14)15;1-2/h1-4H,13H2,(H,14,19)(H,15,16,17,18);1-2,5H,3-4,9H2,(H,10,11,12)(H,13,14,15);2H2,1H3. The van der Waals surface area contributed by atoms with Crippen molar-refractivity contribution in [3.63, 3.8) is 0 Å². The first kappa shape index (κ1) is 34.3. The molecule has 2 aromatic carbocycles. The first-order valence-electron chi connectivity index (χ1n) is 10.3. The number of nitrogens with two attached hydrogens (primary N) is 3. The molecule has 1 aromatic heterocycles. The van der Waals surface area contributed by atoms with E-state index in [1.165, 1.54) is 37.4 Å². The topological polar surface area (TPSA) is 276 Å². The predicted octanol–water partition coefficient (Wildman–Crippen LogP) is 1.05. The van der Waals surface area contributed by atoms with E-state index < -0.39 is 37.6 Å². The summed E-state index contributed by atoms with van der Waals surface area (Å²) in [6.07, 6.45) is -2.02. The SMILES string of the molecule is CN.Nc1ccc(Nc2nc(F)nc(F)n2)cc1NC=O.Nc1ccc(SCCOS(=O)(=O)O)cc1S(=O)(=O)O. The Morgan fingerprint density at radius 2 is 1.57 bits per heavy atom. The number of anilines is 5. The Balaban J connectivity index is 0.000000377. The number of rotatable bonds is 10. The fraction of sp³-hybridized carbons (Fsp3) is 0.158. The van der Waals surface area contributed by atoms with E-state index in [1.54, 1.807) is 0 Å². The van der Waals surface area contributed by atoms with Crippen LogP contribution in [0.3, 0.4) is 0 Å². The zero-order valence-corrected chi connectivity index (χ0v) is 22.8. The normalized spacial score (nSPS) is 10.8. The Bertz CT molecular complexity index is 1500. The van der Waals surface area contributed by atoms with E-state index in [2.05, 4.69) is 35.5 Å². The molecular weight excluding hydrogens is 602 g/mol. The van der Waals surface area contributed by atoms with E-state index in [0.29, 0.717) is 28.4 Å². The lowest BCUT2D eigenvalue weighted by atomic mass is 10.2. The second kappa shape index (κ2) is 15.8. The van der Waals surface area contributed by atoms with Crippen molar-refractivity contribution in [2.75, 3.05) is 41.5 Å². The highest BCUT2D eigenvalue weighted by molar-refractivity contribution is 7.99. The summed E-state index contributed by atoms with van der Waals surface area (Å²) in [5, 5.41) is 4.94. The summed E-state index contributed by atoms with van der Waals surface area (Å²) >= 11 is 1.07. The van der Waals surface area contributed by atoms with Crippen molar-refractivity contribution in [1.29, 1.82) is 0 Å². The van der Waals surface area contributed by atoms with Gasteiger partial charge in [-0.2, -0.15) is 40.6 Å². The number of thioether (sulfide) groups is 1. The third-order valence-electron chi connectivity index (χ3n) is 3.95. The van der Waals surface area contributed by atoms with Gasteiger partial charge in [-0.1, -0.05) is 0 Å². The van der Waals surface area contributed by atoms with Crippen molar-refractivity contribution in [3.8, 4) is 0 Å². The molecule has 16 nitrogen and oxygen atoms in total. The molecule has 0 aliphatic heterocycles. The lowest BCUT2D eigenvalue weighted by molar-refractivity contribution is -0.105. The third-order valence-corrected chi connectivity index (χ3v) is 6.28. The molecular formula is C19H24F2N8O8S3. The van der Waals surface area contributed by atoms with Crippen molar-refractivity contribution in [3.05, 3.63) is 48.6 Å². The number of halogens is 2. The van der Waals surface area contributed by atoms with Gasteiger partial charge >= 0.3 is 22.6 Å². The largest absolute Gasteiger partial charge is 0.398 e. The molecule has 220 valence electrons. The molecule has 0 aliphatic rings. The molecule has 1 heterocycles. The van der Waals surface area contributed by atoms with Crippen LogP contribution < -0.4 is 27.8 Å². The number of nitrogens with zero attached hydrogens (tertiary/aromatic N) is 3. The van der Waals surface area contributed by atoms with Gasteiger partial charge < -0.3 is 27.8 Å². The summed E-state index contributed by atoms with van der Waals surface area (Å²) < 4.78 is 89.4. The summed E-state index contributed by atoms with van der Waals surface area (Å²) in [6.45, 7) is -0.283. The Kier molecular flexibility index (Phi) is 13.5. The summed E-state index contributed by atoms with van der Waals surface area (Å²) in [4.78, 5) is 19.7. The number of nitrogens with one attached hydrogen (secondary N) is 2. The van der Waals surface area contributed by atoms with Crippen molar-refractivity contribution in [1.82, 2.24) is 15.0 Å². The van der Waals surface area contributed by atoms with Crippen LogP contribution >= 0.6 is 11.8 Å². The fourth-order valence-corrected chi connectivity index (χ4v) is 4.34. The minimum Gasteiger partial charge on any atom is -0.398 e. The summed E-state index contributed by atoms with van der Waals surface area (Å²) in [5.74, 6) is -0.152. The van der Waals surface area contributed by atoms with Gasteiger partial charge in [-0.05, 0) is 43.4 Å². The summed E-state index contributed by atoms with van der Waals surface area (Å²) in [6, 6.07) is 8.45. The van der Waals surface area contributed by atoms with E-state index in [-0.39, 0.29) is 24.0 Å². The molecule has 0 spiro atoms. The minimum atomic E-state index is -4.49. The Hall–Kier alpha value is -3.73. The maximum Gasteiger partial charge on any atom is 0.397 e. The highest BCUT2D eigenvalue weighted by atomic mass is 32.3. The van der Waals surface area contributed by atoms with Crippen molar-refractivity contribution in [2.24, 2.45) is 5.73 Å². The molecule has 0 atom stereocenters. The molecule has 0 aliphatic carbocycles. The molecule has 40 heavy (non-hydrogen) atoms. The second-order valence-corrected chi connectivity index (χ2v) is 10.3. The van der Waals surface area contributed by atoms with Gasteiger partial charge in [0, 0.05) is 16.3 Å². The van der Waals surface area contributed by atoms with Gasteiger partial charge in [0.2, 0.25) is 12.4 Å². The van der Waals surface area contributed by atoms with Crippen LogP contribution in [0.5, 0.6) is 0 Å². The molecule has 0 radical (unpaired) electrons. The lowest BCUT2D eigenvalue weighted by Crippen LogP contribution is -2.06. The first-order valence-corrected chi connectivity index (χ1v) is 14.1. The first-order chi connectivity index (χ1) is 18.7. The summed E-state index contributed by atoms with van der Waals surface area (Å²) in [7, 11) is -7.40. The van der Waals surface area contributed by atoms with Gasteiger partial charge in [-0.15, -0.1) is 11.8 Å². The smallest absolute Gasteiger partial charge is 0.397 e. The number of hydrogen-bond acceptors (Lipinski definition) is 14. The van der Waals surface area contributed by atoms with Crippen LogP contribution in [0.2, 0.25) is 0 Å². The second-order valence-electron chi connectivity index (χ2n) is 6.66. The monoisotopic (exact) mass is 626 g/mol. The molecule has 0 fully saturated rings. The Morgan fingerprint density at radius 3 is 2.12 bits per heavy atom. The maximum absolute atomic E-state index is 12.8. The van der Waals surface area contributed by atoms with E-state index >= 15 is 0 Å². The van der Waals surface area contributed by atoms with Gasteiger partial charge in [0.25, 0.3) is 10.1 Å². The van der Waals surface area contributed by atoms with Crippen LogP contribution in [-0.4, -0.2) is 66.7 Å². The number of hydrogen-bond donors (Lipinski definition) is 7. The number of benzene rings is 2. The average Bonchev–Trinajstić information content (AvgIpc) is 2.85. The van der Waals surface area contributed by atoms with E-state index in [0.717, 1.165) is 17.8 Å². The van der Waals surface area contributed by atoms with Crippen LogP contribution in [0.15, 0.2) is 46.2 Å². The van der Waals surface area contributed by atoms with Crippen molar-refractivity contribution < 1.29 is 43.7 Å². The lowest BCUT2D eigenvalue weighted by Gasteiger charge is -2.08. The number of nitrogen functional groups attached to an aromatic ring is 2. The molecule has 10 N–H and O–H groups in total. The van der Waals surface area contributed by atoms with Crippen LogP contribution in [0.4, 0.5) is 37.5 Å². The third kappa shape index (κ3) is 12.4. The van der Waals surface area contributed by atoms with Gasteiger partial charge in [0.05, 0.1) is 23.7 Å². The van der Waals surface area contributed by atoms with E-state index in [4.69, 9.17) is 20.6 Å². The zero-order chi connectivity index (χ0) is 30.5. The van der Waals surface area contributed by atoms with Crippen molar-refractivity contribution in [2.45, 2.75) is 9.79 Å². The highest BCUT2D eigenvalue weighted by Crippen LogP contribution is 2.26.